The summed E-state index contributed by atoms with van der Waals surface area (Å²) in [5, 5.41) is 0. The largest absolute Gasteiger partial charge is 0.398 e. The predicted molar refractivity (Wildman–Crippen MR) is 85.3 cm³/mol. The van der Waals surface area contributed by atoms with E-state index in [-0.39, 0.29) is 4.90 Å². The fraction of sp³-hybridized carbons (Fsp3) is 0.143. The van der Waals surface area contributed by atoms with Gasteiger partial charge in [0.25, 0.3) is 10.0 Å². The first kappa shape index (κ1) is 14.9. The van der Waals surface area contributed by atoms with E-state index in [1.807, 2.05) is 25.1 Å². The fourth-order valence-corrected chi connectivity index (χ4v) is 3.69. The number of nitrogen functional groups attached to an aromatic ring is 1. The van der Waals surface area contributed by atoms with Crippen molar-refractivity contribution in [3.8, 4) is 0 Å². The van der Waals surface area contributed by atoms with Gasteiger partial charge in [0.2, 0.25) is 0 Å². The molecule has 0 aliphatic carbocycles. The number of rotatable bonds is 3. The van der Waals surface area contributed by atoms with Gasteiger partial charge in [-0.2, -0.15) is 0 Å². The maximum Gasteiger partial charge on any atom is 0.264 e. The highest BCUT2D eigenvalue weighted by molar-refractivity contribution is 9.10. The summed E-state index contributed by atoms with van der Waals surface area (Å²) < 4.78 is 27.1. The molecule has 0 aromatic heterocycles. The van der Waals surface area contributed by atoms with Crippen molar-refractivity contribution >= 4 is 37.3 Å². The Kier molecular flexibility index (Phi) is 4.06. The van der Waals surface area contributed by atoms with Crippen molar-refractivity contribution in [1.29, 1.82) is 0 Å². The van der Waals surface area contributed by atoms with Crippen molar-refractivity contribution in [2.75, 3.05) is 17.1 Å². The van der Waals surface area contributed by atoms with E-state index in [4.69, 9.17) is 5.73 Å². The second kappa shape index (κ2) is 5.46. The summed E-state index contributed by atoms with van der Waals surface area (Å²) in [5.74, 6) is 0. The van der Waals surface area contributed by atoms with Crippen LogP contribution in [0, 0.1) is 6.92 Å². The minimum atomic E-state index is -3.61. The maximum atomic E-state index is 12.6. The number of hydrogen-bond donors (Lipinski definition) is 1. The standard InChI is InChI=1S/C14H15BrN2O2S/c1-10-5-3-4-6-14(10)17(2)20(18,19)11-7-8-13(16)12(15)9-11/h3-9H,16H2,1-2H3. The number of hydrogen-bond acceptors (Lipinski definition) is 3. The molecule has 2 aromatic carbocycles. The zero-order valence-electron chi connectivity index (χ0n) is 11.2. The zero-order chi connectivity index (χ0) is 14.9. The molecule has 2 N–H and O–H groups in total. The molecule has 2 aromatic rings. The summed E-state index contributed by atoms with van der Waals surface area (Å²) >= 11 is 3.25. The third-order valence-corrected chi connectivity index (χ3v) is 5.54. The third-order valence-electron chi connectivity index (χ3n) is 3.09. The molecule has 106 valence electrons. The SMILES string of the molecule is Cc1ccccc1N(C)S(=O)(=O)c1ccc(N)c(Br)c1. The first-order valence-corrected chi connectivity index (χ1v) is 8.17. The molecule has 0 radical (unpaired) electrons. The topological polar surface area (TPSA) is 63.4 Å². The highest BCUT2D eigenvalue weighted by Gasteiger charge is 2.22. The van der Waals surface area contributed by atoms with Crippen LogP contribution in [0.15, 0.2) is 51.8 Å². The number of halogens is 1. The summed E-state index contributed by atoms with van der Waals surface area (Å²) in [4.78, 5) is 0.198. The van der Waals surface area contributed by atoms with Crippen LogP contribution in [-0.2, 0) is 10.0 Å². The van der Waals surface area contributed by atoms with Crippen molar-refractivity contribution in [2.45, 2.75) is 11.8 Å². The van der Waals surface area contributed by atoms with E-state index >= 15 is 0 Å². The molecule has 0 spiro atoms. The second-order valence-corrected chi connectivity index (χ2v) is 7.27. The molecule has 0 saturated heterocycles. The monoisotopic (exact) mass is 354 g/mol. The molecule has 0 amide bonds. The van der Waals surface area contributed by atoms with Crippen LogP contribution in [0.3, 0.4) is 0 Å². The van der Waals surface area contributed by atoms with Gasteiger partial charge >= 0.3 is 0 Å². The smallest absolute Gasteiger partial charge is 0.264 e. The molecule has 0 unspecified atom stereocenters. The summed E-state index contributed by atoms with van der Waals surface area (Å²) in [7, 11) is -2.06. The first-order chi connectivity index (χ1) is 9.34. The molecule has 0 atom stereocenters. The Bertz CT molecular complexity index is 745. The van der Waals surface area contributed by atoms with Gasteiger partial charge in [-0.1, -0.05) is 18.2 Å². The molecule has 6 heteroatoms. The van der Waals surface area contributed by atoms with E-state index in [0.29, 0.717) is 15.8 Å². The number of sulfonamides is 1. The second-order valence-electron chi connectivity index (χ2n) is 4.44. The summed E-state index contributed by atoms with van der Waals surface area (Å²) in [6.45, 7) is 1.88. The average molecular weight is 355 g/mol. The Morgan fingerprint density at radius 3 is 2.40 bits per heavy atom. The summed E-state index contributed by atoms with van der Waals surface area (Å²) in [6, 6.07) is 11.9. The van der Waals surface area contributed by atoms with E-state index in [0.717, 1.165) is 5.56 Å². The van der Waals surface area contributed by atoms with Gasteiger partial charge in [-0.3, -0.25) is 4.31 Å². The maximum absolute atomic E-state index is 12.6. The summed E-state index contributed by atoms with van der Waals surface area (Å²) in [5.41, 5.74) is 7.74. The van der Waals surface area contributed by atoms with Crippen molar-refractivity contribution in [3.05, 3.63) is 52.5 Å². The molecule has 4 nitrogen and oxygen atoms in total. The Morgan fingerprint density at radius 1 is 1.15 bits per heavy atom. The number of aryl methyl sites for hydroxylation is 1. The van der Waals surface area contributed by atoms with Crippen LogP contribution in [0.25, 0.3) is 0 Å². The molecule has 0 bridgehead atoms. The van der Waals surface area contributed by atoms with E-state index in [1.165, 1.54) is 16.4 Å². The number of anilines is 2. The van der Waals surface area contributed by atoms with Crippen LogP contribution in [0.2, 0.25) is 0 Å². The van der Waals surface area contributed by atoms with Crippen molar-refractivity contribution < 1.29 is 8.42 Å². The summed E-state index contributed by atoms with van der Waals surface area (Å²) in [6.07, 6.45) is 0. The first-order valence-electron chi connectivity index (χ1n) is 5.93. The zero-order valence-corrected chi connectivity index (χ0v) is 13.6. The highest BCUT2D eigenvalue weighted by atomic mass is 79.9. The lowest BCUT2D eigenvalue weighted by Crippen LogP contribution is -2.27. The van der Waals surface area contributed by atoms with E-state index in [1.54, 1.807) is 19.2 Å². The number of benzene rings is 2. The van der Waals surface area contributed by atoms with Gasteiger partial charge in [-0.25, -0.2) is 8.42 Å². The van der Waals surface area contributed by atoms with Gasteiger partial charge in [0.1, 0.15) is 0 Å². The van der Waals surface area contributed by atoms with Crippen molar-refractivity contribution in [1.82, 2.24) is 0 Å². The van der Waals surface area contributed by atoms with Crippen LogP contribution >= 0.6 is 15.9 Å². The molecule has 0 heterocycles. The van der Waals surface area contributed by atoms with Crippen LogP contribution in [0.1, 0.15) is 5.56 Å². The Balaban J connectivity index is 2.50. The lowest BCUT2D eigenvalue weighted by atomic mass is 10.2. The number of nitrogens with two attached hydrogens (primary N) is 1. The Morgan fingerprint density at radius 2 is 1.80 bits per heavy atom. The van der Waals surface area contributed by atoms with Crippen LogP contribution in [0.4, 0.5) is 11.4 Å². The normalized spacial score (nSPS) is 11.3. The Hall–Kier alpha value is -1.53. The molecular formula is C14H15BrN2O2S. The predicted octanol–water partition coefficient (Wildman–Crippen LogP) is 3.16. The molecule has 20 heavy (non-hydrogen) atoms. The van der Waals surface area contributed by atoms with Gasteiger partial charge in [-0.05, 0) is 52.7 Å². The molecule has 0 aliphatic heterocycles. The third kappa shape index (κ3) is 2.66. The molecule has 0 aliphatic rings. The van der Waals surface area contributed by atoms with Crippen LogP contribution < -0.4 is 10.0 Å². The minimum absolute atomic E-state index is 0.198. The fourth-order valence-electron chi connectivity index (χ4n) is 1.87. The molecule has 2 rings (SSSR count). The Labute approximate surface area is 127 Å². The van der Waals surface area contributed by atoms with Crippen LogP contribution in [0.5, 0.6) is 0 Å². The minimum Gasteiger partial charge on any atom is -0.398 e. The van der Waals surface area contributed by atoms with Gasteiger partial charge in [0.05, 0.1) is 10.6 Å². The lowest BCUT2D eigenvalue weighted by Gasteiger charge is -2.21. The van der Waals surface area contributed by atoms with Gasteiger partial charge in [0, 0.05) is 17.2 Å². The molecular weight excluding hydrogens is 340 g/mol. The van der Waals surface area contributed by atoms with Crippen LogP contribution in [-0.4, -0.2) is 15.5 Å². The van der Waals surface area contributed by atoms with Gasteiger partial charge < -0.3 is 5.73 Å². The molecule has 0 saturated carbocycles. The van der Waals surface area contributed by atoms with E-state index in [9.17, 15) is 8.42 Å². The van der Waals surface area contributed by atoms with E-state index in [2.05, 4.69) is 15.9 Å². The quantitative estimate of drug-likeness (QED) is 0.861. The van der Waals surface area contributed by atoms with E-state index < -0.39 is 10.0 Å². The van der Waals surface area contributed by atoms with Gasteiger partial charge in [0.15, 0.2) is 0 Å². The number of para-hydroxylation sites is 1. The van der Waals surface area contributed by atoms with Crippen molar-refractivity contribution in [3.63, 3.8) is 0 Å². The number of nitrogens with zero attached hydrogens (tertiary/aromatic N) is 1. The lowest BCUT2D eigenvalue weighted by molar-refractivity contribution is 0.594. The highest BCUT2D eigenvalue weighted by Crippen LogP contribution is 2.28. The molecule has 0 fully saturated rings. The van der Waals surface area contributed by atoms with Gasteiger partial charge in [-0.15, -0.1) is 0 Å². The van der Waals surface area contributed by atoms with Crippen molar-refractivity contribution in [2.24, 2.45) is 0 Å². The average Bonchev–Trinajstić information content (AvgIpc) is 2.41.